The fourth-order valence-corrected chi connectivity index (χ4v) is 3.98. The van der Waals surface area contributed by atoms with Gasteiger partial charge in [-0.05, 0) is 37.5 Å². The second-order valence-electron chi connectivity index (χ2n) is 7.18. The zero-order valence-electron chi connectivity index (χ0n) is 17.7. The number of carbonyl (C=O) groups excluding carboxylic acids is 2. The third-order valence-electron chi connectivity index (χ3n) is 4.76. The van der Waals surface area contributed by atoms with E-state index >= 15 is 0 Å². The van der Waals surface area contributed by atoms with Gasteiger partial charge in [-0.2, -0.15) is 0 Å². The van der Waals surface area contributed by atoms with Crippen molar-refractivity contribution in [1.82, 2.24) is 10.2 Å². The largest absolute Gasteiger partial charge is 0.354 e. The van der Waals surface area contributed by atoms with Gasteiger partial charge < -0.3 is 10.2 Å². The Bertz CT molecular complexity index is 779. The fraction of sp³-hybridized carbons (Fsp3) is 0.417. The Morgan fingerprint density at radius 1 is 1.07 bits per heavy atom. The Morgan fingerprint density at radius 3 is 2.48 bits per heavy atom. The lowest BCUT2D eigenvalue weighted by atomic mass is 10.1. The van der Waals surface area contributed by atoms with Crippen LogP contribution in [-0.2, 0) is 16.1 Å². The number of thioether (sulfide) groups is 1. The van der Waals surface area contributed by atoms with Gasteiger partial charge in [-0.1, -0.05) is 68.3 Å². The summed E-state index contributed by atoms with van der Waals surface area (Å²) in [4.78, 5) is 28.8. The molecule has 0 aliphatic carbocycles. The van der Waals surface area contributed by atoms with E-state index < -0.39 is 6.04 Å². The second-order valence-corrected chi connectivity index (χ2v) is 8.23. The van der Waals surface area contributed by atoms with Crippen molar-refractivity contribution in [2.45, 2.75) is 57.5 Å². The Balaban J connectivity index is 2.16. The van der Waals surface area contributed by atoms with E-state index in [0.29, 0.717) is 25.3 Å². The zero-order valence-corrected chi connectivity index (χ0v) is 18.5. The maximum atomic E-state index is 13.2. The molecule has 0 spiro atoms. The number of aryl methyl sites for hydroxylation is 1. The van der Waals surface area contributed by atoms with Crippen molar-refractivity contribution in [2.24, 2.45) is 0 Å². The van der Waals surface area contributed by atoms with Gasteiger partial charge >= 0.3 is 0 Å². The van der Waals surface area contributed by atoms with Crippen LogP contribution < -0.4 is 5.32 Å². The van der Waals surface area contributed by atoms with Crippen LogP contribution in [-0.4, -0.2) is 35.1 Å². The van der Waals surface area contributed by atoms with Crippen molar-refractivity contribution in [3.8, 4) is 0 Å². The number of unbranched alkanes of at least 4 members (excludes halogenated alkanes) is 1. The summed E-state index contributed by atoms with van der Waals surface area (Å²) in [6.07, 6.45) is 2.56. The van der Waals surface area contributed by atoms with E-state index in [4.69, 9.17) is 0 Å². The molecule has 5 heteroatoms. The molecule has 2 aromatic carbocycles. The quantitative estimate of drug-likeness (QED) is 0.426. The molecule has 0 heterocycles. The first-order valence-electron chi connectivity index (χ1n) is 10.4. The van der Waals surface area contributed by atoms with E-state index in [-0.39, 0.29) is 11.8 Å². The molecule has 0 saturated heterocycles. The molecule has 0 aromatic heterocycles. The van der Waals surface area contributed by atoms with Gasteiger partial charge in [0.1, 0.15) is 6.04 Å². The van der Waals surface area contributed by atoms with E-state index in [1.54, 1.807) is 4.90 Å². The number of benzene rings is 2. The van der Waals surface area contributed by atoms with Crippen molar-refractivity contribution in [2.75, 3.05) is 12.3 Å². The highest BCUT2D eigenvalue weighted by molar-refractivity contribution is 8.00. The highest BCUT2D eigenvalue weighted by Crippen LogP contribution is 2.20. The summed E-state index contributed by atoms with van der Waals surface area (Å²) in [7, 11) is 0. The predicted octanol–water partition coefficient (Wildman–Crippen LogP) is 4.81. The molecule has 0 unspecified atom stereocenters. The third kappa shape index (κ3) is 7.58. The van der Waals surface area contributed by atoms with Gasteiger partial charge in [0, 0.05) is 18.0 Å². The summed E-state index contributed by atoms with van der Waals surface area (Å²) >= 11 is 1.51. The van der Waals surface area contributed by atoms with Gasteiger partial charge in [0.05, 0.1) is 5.75 Å². The van der Waals surface area contributed by atoms with E-state index in [2.05, 4.69) is 18.3 Å². The SMILES string of the molecule is CCCCNC(=O)[C@@H](CC)N(Cc1cccc(C)c1)C(=O)CSc1ccccc1. The number of hydrogen-bond donors (Lipinski definition) is 1. The Labute approximate surface area is 179 Å². The lowest BCUT2D eigenvalue weighted by molar-refractivity contribution is -0.139. The summed E-state index contributed by atoms with van der Waals surface area (Å²) in [6, 6.07) is 17.5. The topological polar surface area (TPSA) is 49.4 Å². The normalized spacial score (nSPS) is 11.7. The average Bonchev–Trinajstić information content (AvgIpc) is 2.73. The Hall–Kier alpha value is -2.27. The standard InChI is InChI=1S/C24H32N2O2S/c1-4-6-15-25-24(28)22(5-2)26(17-20-12-10-11-19(3)16-20)23(27)18-29-21-13-8-7-9-14-21/h7-14,16,22H,4-6,15,17-18H2,1-3H3,(H,25,28)/t22-/m1/s1. The average molecular weight is 413 g/mol. The minimum atomic E-state index is -0.462. The molecule has 0 bridgehead atoms. The molecule has 2 amide bonds. The molecular weight excluding hydrogens is 380 g/mol. The van der Waals surface area contributed by atoms with Crippen LogP contribution in [0.25, 0.3) is 0 Å². The number of nitrogens with zero attached hydrogens (tertiary/aromatic N) is 1. The maximum Gasteiger partial charge on any atom is 0.242 e. The monoisotopic (exact) mass is 412 g/mol. The van der Waals surface area contributed by atoms with E-state index in [1.165, 1.54) is 11.8 Å². The van der Waals surface area contributed by atoms with Crippen LogP contribution in [0.2, 0.25) is 0 Å². The van der Waals surface area contributed by atoms with E-state index in [1.807, 2.05) is 62.4 Å². The summed E-state index contributed by atoms with van der Waals surface area (Å²) in [6.45, 7) is 7.19. The Kier molecular flexibility index (Phi) is 9.78. The molecule has 0 aliphatic heterocycles. The number of hydrogen-bond acceptors (Lipinski definition) is 3. The predicted molar refractivity (Wildman–Crippen MR) is 121 cm³/mol. The number of amides is 2. The minimum Gasteiger partial charge on any atom is -0.354 e. The lowest BCUT2D eigenvalue weighted by Gasteiger charge is -2.30. The number of nitrogens with one attached hydrogen (secondary N) is 1. The van der Waals surface area contributed by atoms with Crippen molar-refractivity contribution >= 4 is 23.6 Å². The first kappa shape index (κ1) is 23.0. The molecule has 0 radical (unpaired) electrons. The highest BCUT2D eigenvalue weighted by Gasteiger charge is 2.28. The van der Waals surface area contributed by atoms with Gasteiger partial charge in [0.25, 0.3) is 0 Å². The van der Waals surface area contributed by atoms with Crippen LogP contribution in [0.3, 0.4) is 0 Å². The molecule has 1 atom stereocenters. The number of carbonyl (C=O) groups is 2. The summed E-state index contributed by atoms with van der Waals surface area (Å²) in [5.41, 5.74) is 2.19. The zero-order chi connectivity index (χ0) is 21.1. The Morgan fingerprint density at radius 2 is 1.83 bits per heavy atom. The van der Waals surface area contributed by atoms with Crippen molar-refractivity contribution in [3.63, 3.8) is 0 Å². The van der Waals surface area contributed by atoms with Crippen molar-refractivity contribution in [3.05, 3.63) is 65.7 Å². The summed E-state index contributed by atoms with van der Waals surface area (Å²) < 4.78 is 0. The van der Waals surface area contributed by atoms with Crippen LogP contribution in [0.5, 0.6) is 0 Å². The van der Waals surface area contributed by atoms with E-state index in [9.17, 15) is 9.59 Å². The molecule has 4 nitrogen and oxygen atoms in total. The second kappa shape index (κ2) is 12.3. The molecule has 0 aliphatic rings. The molecule has 1 N–H and O–H groups in total. The highest BCUT2D eigenvalue weighted by atomic mass is 32.2. The van der Waals surface area contributed by atoms with E-state index in [0.717, 1.165) is 28.9 Å². The maximum absolute atomic E-state index is 13.2. The minimum absolute atomic E-state index is 0.0159. The molecule has 0 fully saturated rings. The first-order valence-corrected chi connectivity index (χ1v) is 11.3. The molecule has 2 rings (SSSR count). The van der Waals surface area contributed by atoms with Gasteiger partial charge in [0.2, 0.25) is 11.8 Å². The van der Waals surface area contributed by atoms with Crippen molar-refractivity contribution < 1.29 is 9.59 Å². The lowest BCUT2D eigenvalue weighted by Crippen LogP contribution is -2.49. The number of rotatable bonds is 11. The molecule has 156 valence electrons. The third-order valence-corrected chi connectivity index (χ3v) is 5.75. The van der Waals surface area contributed by atoms with Gasteiger partial charge in [0.15, 0.2) is 0 Å². The summed E-state index contributed by atoms with van der Waals surface area (Å²) in [5, 5.41) is 3.00. The van der Waals surface area contributed by atoms with Crippen LogP contribution >= 0.6 is 11.8 Å². The van der Waals surface area contributed by atoms with Crippen LogP contribution in [0.15, 0.2) is 59.5 Å². The molecule has 29 heavy (non-hydrogen) atoms. The smallest absolute Gasteiger partial charge is 0.242 e. The van der Waals surface area contributed by atoms with Crippen molar-refractivity contribution in [1.29, 1.82) is 0 Å². The molecular formula is C24H32N2O2S. The van der Waals surface area contributed by atoms with Gasteiger partial charge in [-0.3, -0.25) is 9.59 Å². The molecule has 2 aromatic rings. The van der Waals surface area contributed by atoms with Gasteiger partial charge in [-0.25, -0.2) is 0 Å². The van der Waals surface area contributed by atoms with Gasteiger partial charge in [-0.15, -0.1) is 11.8 Å². The van der Waals surface area contributed by atoms with Crippen LogP contribution in [0, 0.1) is 6.92 Å². The molecule has 0 saturated carbocycles. The van der Waals surface area contributed by atoms with Crippen LogP contribution in [0.4, 0.5) is 0 Å². The van der Waals surface area contributed by atoms with Crippen LogP contribution in [0.1, 0.15) is 44.2 Å². The first-order chi connectivity index (χ1) is 14.0. The fourth-order valence-electron chi connectivity index (χ4n) is 3.18. The summed E-state index contributed by atoms with van der Waals surface area (Å²) in [5.74, 6) is 0.235.